The summed E-state index contributed by atoms with van der Waals surface area (Å²) in [6.45, 7) is 3.06. The Labute approximate surface area is 107 Å². The SMILES string of the molecule is CCCCCCn1nnc(-c2ccc[n+](C)c2)n1. The third-order valence-electron chi connectivity index (χ3n) is 2.86. The van der Waals surface area contributed by atoms with Crippen molar-refractivity contribution in [2.24, 2.45) is 7.05 Å². The van der Waals surface area contributed by atoms with Gasteiger partial charge in [-0.3, -0.25) is 0 Å². The van der Waals surface area contributed by atoms with Crippen molar-refractivity contribution in [1.82, 2.24) is 20.2 Å². The molecule has 2 rings (SSSR count). The first-order chi connectivity index (χ1) is 8.79. The van der Waals surface area contributed by atoms with Crippen molar-refractivity contribution in [1.29, 1.82) is 0 Å². The van der Waals surface area contributed by atoms with E-state index in [2.05, 4.69) is 22.3 Å². The molecular weight excluding hydrogens is 226 g/mol. The quantitative estimate of drug-likeness (QED) is 0.576. The molecule has 0 aliphatic rings. The molecule has 0 saturated carbocycles. The molecule has 0 bridgehead atoms. The fourth-order valence-electron chi connectivity index (χ4n) is 1.85. The molecule has 0 aliphatic carbocycles. The number of rotatable bonds is 6. The zero-order valence-corrected chi connectivity index (χ0v) is 11.1. The average Bonchev–Trinajstić information content (AvgIpc) is 2.83. The number of hydrogen-bond donors (Lipinski definition) is 0. The van der Waals surface area contributed by atoms with E-state index < -0.39 is 0 Å². The highest BCUT2D eigenvalue weighted by Crippen LogP contribution is 2.10. The van der Waals surface area contributed by atoms with Gasteiger partial charge in [0.1, 0.15) is 7.05 Å². The van der Waals surface area contributed by atoms with Gasteiger partial charge in [-0.05, 0) is 17.7 Å². The summed E-state index contributed by atoms with van der Waals surface area (Å²) in [5, 5.41) is 12.6. The Hall–Kier alpha value is -1.78. The maximum atomic E-state index is 4.40. The number of aryl methyl sites for hydroxylation is 2. The maximum absolute atomic E-state index is 4.40. The molecule has 0 aliphatic heterocycles. The molecule has 5 heteroatoms. The highest BCUT2D eigenvalue weighted by Gasteiger charge is 2.08. The van der Waals surface area contributed by atoms with E-state index in [9.17, 15) is 0 Å². The molecule has 0 atom stereocenters. The van der Waals surface area contributed by atoms with Gasteiger partial charge in [-0.25, -0.2) is 4.57 Å². The van der Waals surface area contributed by atoms with Crippen molar-refractivity contribution in [3.05, 3.63) is 24.5 Å². The zero-order valence-electron chi connectivity index (χ0n) is 11.1. The largest absolute Gasteiger partial charge is 0.210 e. The minimum atomic E-state index is 0.696. The third-order valence-corrected chi connectivity index (χ3v) is 2.86. The fourth-order valence-corrected chi connectivity index (χ4v) is 1.85. The van der Waals surface area contributed by atoms with E-state index in [-0.39, 0.29) is 0 Å². The van der Waals surface area contributed by atoms with Crippen molar-refractivity contribution < 1.29 is 4.57 Å². The van der Waals surface area contributed by atoms with Crippen LogP contribution in [0.25, 0.3) is 11.4 Å². The van der Waals surface area contributed by atoms with Gasteiger partial charge < -0.3 is 0 Å². The molecule has 0 fully saturated rings. The molecule has 0 spiro atoms. The normalized spacial score (nSPS) is 10.8. The number of hydrogen-bond acceptors (Lipinski definition) is 3. The second-order valence-corrected chi connectivity index (χ2v) is 4.53. The lowest BCUT2D eigenvalue weighted by Gasteiger charge is -1.97. The molecule has 2 aromatic rings. The van der Waals surface area contributed by atoms with Gasteiger partial charge in [0, 0.05) is 6.07 Å². The highest BCUT2D eigenvalue weighted by molar-refractivity contribution is 5.50. The predicted octanol–water partition coefficient (Wildman–Crippen LogP) is 1.74. The van der Waals surface area contributed by atoms with Gasteiger partial charge in [0.25, 0.3) is 0 Å². The molecule has 0 unspecified atom stereocenters. The predicted molar refractivity (Wildman–Crippen MR) is 68.6 cm³/mol. The summed E-state index contributed by atoms with van der Waals surface area (Å²) in [6, 6.07) is 3.98. The summed E-state index contributed by atoms with van der Waals surface area (Å²) in [5.74, 6) is 0.696. The summed E-state index contributed by atoms with van der Waals surface area (Å²) in [6.07, 6.45) is 8.85. The monoisotopic (exact) mass is 246 g/mol. The lowest BCUT2D eigenvalue weighted by atomic mass is 10.2. The van der Waals surface area contributed by atoms with E-state index in [1.54, 1.807) is 4.80 Å². The standard InChI is InChI=1S/C13H20N5/c1-3-4-5-6-10-18-15-13(14-16-18)12-8-7-9-17(2)11-12/h7-9,11H,3-6,10H2,1-2H3/q+1. The van der Waals surface area contributed by atoms with Crippen LogP contribution < -0.4 is 4.57 Å². The second-order valence-electron chi connectivity index (χ2n) is 4.53. The molecule has 2 heterocycles. The van der Waals surface area contributed by atoms with Gasteiger partial charge in [-0.15, -0.1) is 10.2 Å². The van der Waals surface area contributed by atoms with Crippen LogP contribution in [0.2, 0.25) is 0 Å². The van der Waals surface area contributed by atoms with Crippen LogP contribution in [0.15, 0.2) is 24.5 Å². The van der Waals surface area contributed by atoms with Crippen LogP contribution in [0, 0.1) is 0 Å². The van der Waals surface area contributed by atoms with Gasteiger partial charge in [-0.1, -0.05) is 26.2 Å². The summed E-state index contributed by atoms with van der Waals surface area (Å²) in [4.78, 5) is 1.69. The van der Waals surface area contributed by atoms with Crippen LogP contribution in [0.5, 0.6) is 0 Å². The fraction of sp³-hybridized carbons (Fsp3) is 0.538. The first kappa shape index (κ1) is 12.7. The van der Waals surface area contributed by atoms with Crippen LogP contribution in [0.3, 0.4) is 0 Å². The van der Waals surface area contributed by atoms with Gasteiger partial charge >= 0.3 is 0 Å². The van der Waals surface area contributed by atoms with Crippen LogP contribution in [0.4, 0.5) is 0 Å². The lowest BCUT2D eigenvalue weighted by Crippen LogP contribution is -2.26. The molecule has 2 aromatic heterocycles. The Kier molecular flexibility index (Phi) is 4.39. The van der Waals surface area contributed by atoms with E-state index in [1.165, 1.54) is 19.3 Å². The molecule has 0 radical (unpaired) electrons. The average molecular weight is 246 g/mol. The van der Waals surface area contributed by atoms with Gasteiger partial charge in [-0.2, -0.15) is 4.80 Å². The zero-order chi connectivity index (χ0) is 12.8. The molecular formula is C13H20N5+. The van der Waals surface area contributed by atoms with E-state index in [4.69, 9.17) is 0 Å². The summed E-state index contributed by atoms with van der Waals surface area (Å²) >= 11 is 0. The van der Waals surface area contributed by atoms with Crippen molar-refractivity contribution in [3.8, 4) is 11.4 Å². The minimum absolute atomic E-state index is 0.696. The van der Waals surface area contributed by atoms with E-state index >= 15 is 0 Å². The molecule has 0 saturated heterocycles. The van der Waals surface area contributed by atoms with E-state index in [0.29, 0.717) is 5.82 Å². The van der Waals surface area contributed by atoms with Crippen molar-refractivity contribution in [2.75, 3.05) is 0 Å². The minimum Gasteiger partial charge on any atom is -0.207 e. The highest BCUT2D eigenvalue weighted by atomic mass is 15.6. The van der Waals surface area contributed by atoms with Crippen LogP contribution in [0.1, 0.15) is 32.6 Å². The van der Waals surface area contributed by atoms with E-state index in [0.717, 1.165) is 18.5 Å². The number of aromatic nitrogens is 5. The van der Waals surface area contributed by atoms with Crippen LogP contribution in [-0.4, -0.2) is 20.2 Å². The Balaban J connectivity index is 1.97. The number of tetrazole rings is 1. The Morgan fingerprint density at radius 2 is 2.17 bits per heavy atom. The number of unbranched alkanes of at least 4 members (excludes halogenated alkanes) is 3. The number of pyridine rings is 1. The van der Waals surface area contributed by atoms with Crippen molar-refractivity contribution in [2.45, 2.75) is 39.2 Å². The first-order valence-electron chi connectivity index (χ1n) is 6.53. The third kappa shape index (κ3) is 3.35. The Bertz CT molecular complexity index is 492. The lowest BCUT2D eigenvalue weighted by molar-refractivity contribution is -0.671. The van der Waals surface area contributed by atoms with Gasteiger partial charge in [0.05, 0.1) is 12.1 Å². The summed E-state index contributed by atoms with van der Waals surface area (Å²) < 4.78 is 1.98. The van der Waals surface area contributed by atoms with Gasteiger partial charge in [0.15, 0.2) is 12.4 Å². The topological polar surface area (TPSA) is 47.5 Å². The molecule has 0 amide bonds. The molecule has 0 N–H and O–H groups in total. The molecule has 18 heavy (non-hydrogen) atoms. The van der Waals surface area contributed by atoms with Crippen LogP contribution in [-0.2, 0) is 13.6 Å². The van der Waals surface area contributed by atoms with Gasteiger partial charge in [0.2, 0.25) is 5.82 Å². The number of nitrogens with zero attached hydrogens (tertiary/aromatic N) is 5. The smallest absolute Gasteiger partial charge is 0.207 e. The molecule has 5 nitrogen and oxygen atoms in total. The van der Waals surface area contributed by atoms with Crippen molar-refractivity contribution >= 4 is 0 Å². The summed E-state index contributed by atoms with van der Waals surface area (Å²) in [7, 11) is 1.98. The second kappa shape index (κ2) is 6.23. The first-order valence-corrected chi connectivity index (χ1v) is 6.53. The molecule has 0 aromatic carbocycles. The van der Waals surface area contributed by atoms with Crippen molar-refractivity contribution in [3.63, 3.8) is 0 Å². The Morgan fingerprint density at radius 1 is 1.28 bits per heavy atom. The molecule has 96 valence electrons. The maximum Gasteiger partial charge on any atom is 0.210 e. The Morgan fingerprint density at radius 3 is 2.94 bits per heavy atom. The van der Waals surface area contributed by atoms with Crippen LogP contribution >= 0.6 is 0 Å². The summed E-state index contributed by atoms with van der Waals surface area (Å²) in [5.41, 5.74) is 1.000. The van der Waals surface area contributed by atoms with E-state index in [1.807, 2.05) is 36.1 Å².